The van der Waals surface area contributed by atoms with Gasteiger partial charge in [0.15, 0.2) is 11.6 Å². The fraction of sp³-hybridized carbons (Fsp3) is 0.236. The number of imidazole rings is 2. The fourth-order valence-electron chi connectivity index (χ4n) is 9.17. The first-order chi connectivity index (χ1) is 38.6. The SMILES string of the molecule is O=C1CC[C@@H](NC(=O)c2ccc3ccccn23)C(=O)N1.O=C1CC[C@@H](NC(=O)c2ncc3ccccn23)C(=O)N1.O=C1CC[C@H](CC(=O)c2ncc3ccccn23)C(=O)N1.O=C1CC[C@H](NC(=O)c2ccc3ccccn23)C(=O)N1. The standard InChI is InChI=1S/3C14H13N3O3.C13H12N4O3/c2*18-12-7-5-10(13(19)16-12)15-14(20)11-6-4-9-3-1-2-8-17(9)11;18-11(7-9-4-5-12(19)16-14(9)20)13-15-8-10-3-1-2-6-17(10)13;18-10-5-4-9(12(19)16-10)15-13(20)11-14-7-8-3-1-2-6-17(8)11/h2*1-4,6,8,10H,5,7H2,(H,15,20)(H,16,18,19);1-3,6,8-9H,4-5,7H2,(H,16,19,20);1-3,6-7,9H,4-5H2,(H,15,20)(H,16,18,19)/t2*10-;2*9-/m1011/s1. The van der Waals surface area contributed by atoms with Crippen molar-refractivity contribution >= 4 is 92.8 Å². The molecule has 0 aliphatic carbocycles. The number of fused-ring (bicyclic) bond motifs is 4. The van der Waals surface area contributed by atoms with Gasteiger partial charge in [0.05, 0.1) is 23.4 Å². The van der Waals surface area contributed by atoms with Crippen molar-refractivity contribution in [2.24, 2.45) is 5.92 Å². The number of nitrogens with one attached hydrogen (secondary N) is 7. The zero-order valence-corrected chi connectivity index (χ0v) is 42.5. The highest BCUT2D eigenvalue weighted by molar-refractivity contribution is 6.06. The lowest BCUT2D eigenvalue weighted by atomic mass is 9.93. The Morgan fingerprint density at radius 1 is 0.412 bits per heavy atom. The lowest BCUT2D eigenvalue weighted by Crippen LogP contribution is -2.52. The fourth-order valence-corrected chi connectivity index (χ4v) is 9.17. The molecule has 25 heteroatoms. The van der Waals surface area contributed by atoms with E-state index in [1.807, 2.05) is 78.9 Å². The van der Waals surface area contributed by atoms with Gasteiger partial charge in [-0.1, -0.05) is 24.3 Å². The molecule has 0 radical (unpaired) electrons. The molecule has 8 aromatic heterocycles. The van der Waals surface area contributed by atoms with Crippen molar-refractivity contribution in [1.82, 2.24) is 64.8 Å². The summed E-state index contributed by atoms with van der Waals surface area (Å²) in [7, 11) is 0. The molecule has 12 rings (SSSR count). The summed E-state index contributed by atoms with van der Waals surface area (Å²) in [5, 5.41) is 16.8. The van der Waals surface area contributed by atoms with Crippen molar-refractivity contribution < 1.29 is 57.5 Å². The maximum atomic E-state index is 12.3. The van der Waals surface area contributed by atoms with Crippen LogP contribution in [0.4, 0.5) is 0 Å². The monoisotopic (exact) mass is 1090 g/mol. The summed E-state index contributed by atoms with van der Waals surface area (Å²) >= 11 is 0. The first-order valence-corrected chi connectivity index (χ1v) is 25.4. The summed E-state index contributed by atoms with van der Waals surface area (Å²) in [6.45, 7) is 0. The zero-order valence-electron chi connectivity index (χ0n) is 42.5. The average Bonchev–Trinajstić information content (AvgIpc) is 4.29. The van der Waals surface area contributed by atoms with Gasteiger partial charge in [0.2, 0.25) is 53.1 Å². The molecular weight excluding hydrogens is 1030 g/mol. The molecule has 7 N–H and O–H groups in total. The van der Waals surface area contributed by atoms with Gasteiger partial charge in [-0.25, -0.2) is 9.97 Å². The van der Waals surface area contributed by atoms with Crippen LogP contribution in [-0.4, -0.2) is 116 Å². The van der Waals surface area contributed by atoms with Gasteiger partial charge in [0.1, 0.15) is 29.5 Å². The second kappa shape index (κ2) is 24.3. The van der Waals surface area contributed by atoms with Gasteiger partial charge < -0.3 is 24.8 Å². The minimum absolute atomic E-state index is 0.0765. The molecule has 4 aliphatic rings. The summed E-state index contributed by atoms with van der Waals surface area (Å²) in [4.78, 5) is 148. The molecule has 0 aromatic carbocycles. The first kappa shape index (κ1) is 54.3. The highest BCUT2D eigenvalue weighted by Gasteiger charge is 2.33. The summed E-state index contributed by atoms with van der Waals surface area (Å²) in [6, 6.07) is 27.3. The van der Waals surface area contributed by atoms with E-state index in [-0.39, 0.29) is 85.1 Å². The van der Waals surface area contributed by atoms with Crippen LogP contribution in [0.15, 0.2) is 134 Å². The molecule has 8 aromatic rings. The molecule has 12 heterocycles. The van der Waals surface area contributed by atoms with E-state index >= 15 is 0 Å². The van der Waals surface area contributed by atoms with Crippen LogP contribution < -0.4 is 37.2 Å². The van der Waals surface area contributed by atoms with Gasteiger partial charge in [-0.3, -0.25) is 87.6 Å². The molecule has 25 nitrogen and oxygen atoms in total. The number of hydrogen-bond donors (Lipinski definition) is 7. The summed E-state index contributed by atoms with van der Waals surface area (Å²) in [6.07, 6.45) is 12.7. The Morgan fingerprint density at radius 3 is 1.20 bits per heavy atom. The third kappa shape index (κ3) is 12.7. The predicted molar refractivity (Wildman–Crippen MR) is 281 cm³/mol. The van der Waals surface area contributed by atoms with Crippen LogP contribution in [0, 0.1) is 5.92 Å². The number of piperidine rings is 4. The molecule has 4 fully saturated rings. The maximum Gasteiger partial charge on any atom is 0.288 e. The number of pyridine rings is 4. The molecule has 4 saturated heterocycles. The van der Waals surface area contributed by atoms with E-state index in [0.29, 0.717) is 42.9 Å². The van der Waals surface area contributed by atoms with E-state index in [2.05, 4.69) is 47.2 Å². The smallest absolute Gasteiger partial charge is 0.288 e. The van der Waals surface area contributed by atoms with Crippen LogP contribution in [0.5, 0.6) is 0 Å². The van der Waals surface area contributed by atoms with Crippen LogP contribution in [0.3, 0.4) is 0 Å². The largest absolute Gasteiger partial charge is 0.339 e. The Balaban J connectivity index is 0.000000129. The lowest BCUT2D eigenvalue weighted by Gasteiger charge is -2.21. The quantitative estimate of drug-likeness (QED) is 0.0801. The molecule has 11 amide bonds. The minimum atomic E-state index is -0.698. The first-order valence-electron chi connectivity index (χ1n) is 25.4. The predicted octanol–water partition coefficient (Wildman–Crippen LogP) is 1.78. The van der Waals surface area contributed by atoms with E-state index in [9.17, 15) is 57.5 Å². The number of rotatable bonds is 9. The number of hydrogen-bond acceptors (Lipinski definition) is 14. The van der Waals surface area contributed by atoms with E-state index < -0.39 is 47.7 Å². The Labute approximate surface area is 452 Å². The third-order valence-corrected chi connectivity index (χ3v) is 13.3. The maximum absolute atomic E-state index is 12.3. The summed E-state index contributed by atoms with van der Waals surface area (Å²) in [5.74, 6) is -4.12. The Kier molecular flexibility index (Phi) is 16.5. The number of aromatic nitrogens is 6. The number of nitrogens with zero attached hydrogens (tertiary/aromatic N) is 6. The van der Waals surface area contributed by atoms with Crippen molar-refractivity contribution in [1.29, 1.82) is 0 Å². The number of ketones is 1. The molecule has 408 valence electrons. The Bertz CT molecular complexity index is 3310. The van der Waals surface area contributed by atoms with E-state index in [4.69, 9.17) is 0 Å². The van der Waals surface area contributed by atoms with Crippen molar-refractivity contribution in [3.8, 4) is 0 Å². The van der Waals surface area contributed by atoms with Crippen molar-refractivity contribution in [3.05, 3.63) is 157 Å². The lowest BCUT2D eigenvalue weighted by molar-refractivity contribution is -0.137. The number of Topliss-reactive ketones (excluding diaryl/α,β-unsaturated/α-hetero) is 1. The molecular formula is C55H51N13O12. The summed E-state index contributed by atoms with van der Waals surface area (Å²) in [5.41, 5.74) is 4.36. The van der Waals surface area contributed by atoms with E-state index in [1.54, 1.807) is 73.0 Å². The van der Waals surface area contributed by atoms with Crippen LogP contribution >= 0.6 is 0 Å². The van der Waals surface area contributed by atoms with Crippen LogP contribution in [-0.2, 0) is 38.4 Å². The van der Waals surface area contributed by atoms with Crippen molar-refractivity contribution in [2.45, 2.75) is 75.9 Å². The Morgan fingerprint density at radius 2 is 0.775 bits per heavy atom. The topological polar surface area (TPSA) is 332 Å². The molecule has 0 spiro atoms. The molecule has 4 aliphatic heterocycles. The van der Waals surface area contributed by atoms with Crippen LogP contribution in [0.2, 0.25) is 0 Å². The van der Waals surface area contributed by atoms with Crippen molar-refractivity contribution in [3.63, 3.8) is 0 Å². The second-order valence-corrected chi connectivity index (χ2v) is 18.8. The molecule has 0 bridgehead atoms. The minimum Gasteiger partial charge on any atom is -0.339 e. The van der Waals surface area contributed by atoms with Gasteiger partial charge in [-0.15, -0.1) is 0 Å². The highest BCUT2D eigenvalue weighted by Crippen LogP contribution is 2.20. The van der Waals surface area contributed by atoms with Gasteiger partial charge in [0.25, 0.3) is 17.7 Å². The number of imide groups is 4. The highest BCUT2D eigenvalue weighted by atomic mass is 16.2. The molecule has 0 saturated carbocycles. The van der Waals surface area contributed by atoms with E-state index in [0.717, 1.165) is 22.1 Å². The average molecular weight is 1090 g/mol. The summed E-state index contributed by atoms with van der Waals surface area (Å²) < 4.78 is 6.85. The van der Waals surface area contributed by atoms with Gasteiger partial charge in [-0.05, 0) is 98.5 Å². The molecule has 0 unspecified atom stereocenters. The Hall–Kier alpha value is -10.5. The van der Waals surface area contributed by atoms with Gasteiger partial charge in [0, 0.05) is 73.8 Å². The van der Waals surface area contributed by atoms with Gasteiger partial charge >= 0.3 is 0 Å². The number of carbonyl (C=O) groups is 12. The van der Waals surface area contributed by atoms with Gasteiger partial charge in [-0.2, -0.15) is 0 Å². The van der Waals surface area contributed by atoms with Crippen LogP contribution in [0.25, 0.3) is 22.1 Å². The molecule has 80 heavy (non-hydrogen) atoms. The molecule has 4 atom stereocenters. The zero-order chi connectivity index (χ0) is 56.5. The van der Waals surface area contributed by atoms with Crippen LogP contribution in [0.1, 0.15) is 100 Å². The number of carbonyl (C=O) groups excluding carboxylic acids is 12. The van der Waals surface area contributed by atoms with E-state index in [1.165, 1.54) is 0 Å². The van der Waals surface area contributed by atoms with Crippen molar-refractivity contribution in [2.75, 3.05) is 0 Å². The third-order valence-electron chi connectivity index (χ3n) is 13.3. The second-order valence-electron chi connectivity index (χ2n) is 18.8. The number of amides is 11. The normalized spacial score (nSPS) is 18.9.